The summed E-state index contributed by atoms with van der Waals surface area (Å²) in [6.07, 6.45) is 1.52. The molecule has 242 valence electrons. The molecule has 1 aliphatic heterocycles. The summed E-state index contributed by atoms with van der Waals surface area (Å²) in [6.45, 7) is 8.01. The van der Waals surface area contributed by atoms with Crippen molar-refractivity contribution in [2.75, 3.05) is 51.4 Å². The van der Waals surface area contributed by atoms with Gasteiger partial charge in [-0.05, 0) is 32.8 Å². The van der Waals surface area contributed by atoms with Crippen LogP contribution in [-0.2, 0) is 17.5 Å². The first kappa shape index (κ1) is 31.8. The quantitative estimate of drug-likeness (QED) is 0.215. The minimum Gasteiger partial charge on any atom is -0.480 e. The Labute approximate surface area is 268 Å². The Bertz CT molecular complexity index is 1720. The minimum atomic E-state index is -4.54. The first-order chi connectivity index (χ1) is 22.2. The molecular formula is C31H34F3N9O2S. The lowest BCUT2D eigenvalue weighted by molar-refractivity contribution is -0.140. The predicted octanol–water partition coefficient (Wildman–Crippen LogP) is 5.08. The van der Waals surface area contributed by atoms with E-state index in [0.29, 0.717) is 67.5 Å². The van der Waals surface area contributed by atoms with Gasteiger partial charge in [0.25, 0.3) is 0 Å². The molecule has 0 bridgehead atoms. The topological polar surface area (TPSA) is 107 Å². The molecule has 1 saturated heterocycles. The average molecular weight is 654 g/mol. The second-order valence-corrected chi connectivity index (χ2v) is 12.4. The van der Waals surface area contributed by atoms with E-state index in [4.69, 9.17) is 14.5 Å². The van der Waals surface area contributed by atoms with Crippen molar-refractivity contribution in [2.24, 2.45) is 0 Å². The van der Waals surface area contributed by atoms with Crippen LogP contribution < -0.4 is 9.64 Å². The highest BCUT2D eigenvalue weighted by Gasteiger charge is 2.35. The van der Waals surface area contributed by atoms with Crippen LogP contribution in [-0.4, -0.2) is 85.9 Å². The summed E-state index contributed by atoms with van der Waals surface area (Å²) in [5.74, 6) is 8.29. The molecule has 0 N–H and O–H groups in total. The normalized spacial score (nSPS) is 15.5. The molecule has 46 heavy (non-hydrogen) atoms. The third kappa shape index (κ3) is 7.30. The summed E-state index contributed by atoms with van der Waals surface area (Å²) in [4.78, 5) is 31.6. The van der Waals surface area contributed by atoms with Crippen LogP contribution in [0.3, 0.4) is 0 Å². The average Bonchev–Trinajstić information content (AvgIpc) is 3.61. The molecule has 4 aromatic rings. The zero-order valence-electron chi connectivity index (χ0n) is 25.8. The molecule has 5 heterocycles. The molecule has 1 saturated carbocycles. The van der Waals surface area contributed by atoms with E-state index in [9.17, 15) is 13.2 Å². The van der Waals surface area contributed by atoms with Crippen molar-refractivity contribution in [3.8, 4) is 40.5 Å². The number of aromatic nitrogens is 7. The number of thiophene rings is 1. The Morgan fingerprint density at radius 1 is 1.09 bits per heavy atom. The largest absolute Gasteiger partial charge is 0.480 e. The summed E-state index contributed by atoms with van der Waals surface area (Å²) < 4.78 is 53.1. The van der Waals surface area contributed by atoms with Gasteiger partial charge in [0.2, 0.25) is 11.8 Å². The Morgan fingerprint density at radius 3 is 2.59 bits per heavy atom. The van der Waals surface area contributed by atoms with E-state index in [2.05, 4.69) is 41.7 Å². The summed E-state index contributed by atoms with van der Waals surface area (Å²) in [7, 11) is 1.55. The van der Waals surface area contributed by atoms with Gasteiger partial charge < -0.3 is 18.9 Å². The number of alkyl halides is 3. The van der Waals surface area contributed by atoms with Crippen LogP contribution in [0.25, 0.3) is 22.8 Å². The van der Waals surface area contributed by atoms with Crippen LogP contribution in [0.2, 0.25) is 0 Å². The van der Waals surface area contributed by atoms with E-state index in [-0.39, 0.29) is 11.9 Å². The maximum atomic E-state index is 13.5. The van der Waals surface area contributed by atoms with Crippen LogP contribution in [0.5, 0.6) is 5.88 Å². The molecule has 15 heteroatoms. The van der Waals surface area contributed by atoms with Gasteiger partial charge in [-0.25, -0.2) is 24.9 Å². The maximum absolute atomic E-state index is 13.5. The van der Waals surface area contributed by atoms with Gasteiger partial charge in [0.15, 0.2) is 11.5 Å². The molecular weight excluding hydrogens is 619 g/mol. The predicted molar refractivity (Wildman–Crippen MR) is 166 cm³/mol. The lowest BCUT2D eigenvalue weighted by Gasteiger charge is -2.24. The van der Waals surface area contributed by atoms with Crippen molar-refractivity contribution < 1.29 is 22.6 Å². The zero-order valence-corrected chi connectivity index (χ0v) is 26.6. The number of rotatable bonds is 10. The fraction of sp³-hybridized carbons (Fsp3) is 0.484. The van der Waals surface area contributed by atoms with Gasteiger partial charge in [0, 0.05) is 47.1 Å². The lowest BCUT2D eigenvalue weighted by Crippen LogP contribution is -2.36. The number of hydrogen-bond donors (Lipinski definition) is 0. The zero-order chi connectivity index (χ0) is 32.3. The van der Waals surface area contributed by atoms with Crippen molar-refractivity contribution in [2.45, 2.75) is 51.4 Å². The number of anilines is 1. The van der Waals surface area contributed by atoms with Crippen LogP contribution in [0.4, 0.5) is 19.1 Å². The molecule has 0 spiro atoms. The first-order valence-corrected chi connectivity index (χ1v) is 15.9. The standard InChI is InChI=1S/C31H34F3N9O2S/c1-20(2)43-16-24(31(32,33)34)39-28(43)22-14-23(46-17-22)15-42(9-5-4-8-41-10-12-45-13-11-41)30-38-19-36-27(40-30)25-26(21-6-7-21)35-18-37-29(25)44-3/h14,16-21H,6-13,15H2,1-3H3. The maximum Gasteiger partial charge on any atom is 0.434 e. The third-order valence-electron chi connectivity index (χ3n) is 7.70. The van der Waals surface area contributed by atoms with Crippen molar-refractivity contribution in [1.29, 1.82) is 0 Å². The van der Waals surface area contributed by atoms with Gasteiger partial charge in [-0.3, -0.25) is 4.90 Å². The molecule has 1 aliphatic carbocycles. The van der Waals surface area contributed by atoms with Crippen molar-refractivity contribution in [3.63, 3.8) is 0 Å². The third-order valence-corrected chi connectivity index (χ3v) is 8.63. The number of hydrogen-bond acceptors (Lipinski definition) is 11. The number of imidazole rings is 1. The molecule has 11 nitrogen and oxygen atoms in total. The number of methoxy groups -OCH3 is 1. The number of ether oxygens (including phenoxy) is 2. The van der Waals surface area contributed by atoms with Crippen LogP contribution in [0.1, 0.15) is 54.9 Å². The van der Waals surface area contributed by atoms with Crippen molar-refractivity contribution in [1.82, 2.24) is 39.4 Å². The van der Waals surface area contributed by atoms with E-state index in [1.54, 1.807) is 11.7 Å². The van der Waals surface area contributed by atoms with E-state index in [0.717, 1.165) is 42.7 Å². The molecule has 0 radical (unpaired) electrons. The number of nitrogens with zero attached hydrogens (tertiary/aromatic N) is 9. The Morgan fingerprint density at radius 2 is 1.87 bits per heavy atom. The van der Waals surface area contributed by atoms with Crippen molar-refractivity contribution in [3.05, 3.63) is 46.6 Å². The van der Waals surface area contributed by atoms with Gasteiger partial charge in [-0.2, -0.15) is 18.2 Å². The first-order valence-electron chi connectivity index (χ1n) is 15.0. The molecule has 2 fully saturated rings. The van der Waals surface area contributed by atoms with E-state index >= 15 is 0 Å². The van der Waals surface area contributed by atoms with Gasteiger partial charge in [-0.1, -0.05) is 11.8 Å². The Hall–Kier alpha value is -4.13. The highest BCUT2D eigenvalue weighted by atomic mass is 32.1. The monoisotopic (exact) mass is 653 g/mol. The highest BCUT2D eigenvalue weighted by Crippen LogP contribution is 2.45. The SMILES string of the molecule is COc1ncnc(C2CC2)c1-c1ncnc(N(CC#CCN2CCOCC2)Cc2cc(-c3nc(C(F)(F)F)cn3C(C)C)cs2)n1. The van der Waals surface area contributed by atoms with Gasteiger partial charge in [0.05, 0.1) is 45.7 Å². The van der Waals surface area contributed by atoms with Crippen LogP contribution >= 0.6 is 11.3 Å². The fourth-order valence-corrected chi connectivity index (χ4v) is 6.03. The molecule has 4 aromatic heterocycles. The Balaban J connectivity index is 1.31. The van der Waals surface area contributed by atoms with Crippen LogP contribution in [0.15, 0.2) is 30.3 Å². The van der Waals surface area contributed by atoms with Crippen LogP contribution in [0, 0.1) is 11.8 Å². The summed E-state index contributed by atoms with van der Waals surface area (Å²) in [5, 5.41) is 1.83. The smallest absolute Gasteiger partial charge is 0.434 e. The van der Waals surface area contributed by atoms with Gasteiger partial charge in [-0.15, -0.1) is 11.3 Å². The molecule has 0 atom stereocenters. The van der Waals surface area contributed by atoms with E-state index < -0.39 is 11.9 Å². The highest BCUT2D eigenvalue weighted by molar-refractivity contribution is 7.10. The fourth-order valence-electron chi connectivity index (χ4n) is 5.16. The lowest BCUT2D eigenvalue weighted by atomic mass is 10.1. The minimum absolute atomic E-state index is 0.205. The number of morpholine rings is 1. The van der Waals surface area contributed by atoms with Gasteiger partial charge >= 0.3 is 6.18 Å². The molecule has 0 aromatic carbocycles. The Kier molecular flexibility index (Phi) is 9.48. The summed E-state index contributed by atoms with van der Waals surface area (Å²) in [6, 6.07) is 1.66. The second-order valence-electron chi connectivity index (χ2n) is 11.4. The van der Waals surface area contributed by atoms with Gasteiger partial charge in [0.1, 0.15) is 24.0 Å². The van der Waals surface area contributed by atoms with E-state index in [1.807, 2.05) is 30.2 Å². The number of halogens is 3. The summed E-state index contributed by atoms with van der Waals surface area (Å²) >= 11 is 1.43. The van der Waals surface area contributed by atoms with Crippen molar-refractivity contribution >= 4 is 17.3 Å². The molecule has 0 amide bonds. The second kappa shape index (κ2) is 13.7. The molecule has 2 aliphatic rings. The van der Waals surface area contributed by atoms with E-state index in [1.165, 1.54) is 24.0 Å². The molecule has 6 rings (SSSR count). The molecule has 0 unspecified atom stereocenters. The summed E-state index contributed by atoms with van der Waals surface area (Å²) in [5.41, 5.74) is 1.19.